The van der Waals surface area contributed by atoms with E-state index in [2.05, 4.69) is 44.9 Å². The Balaban J connectivity index is 2.70. The van der Waals surface area contributed by atoms with Gasteiger partial charge in [-0.25, -0.2) is 0 Å². The molecule has 0 heteroatoms. The Morgan fingerprint density at radius 2 is 1.31 bits per heavy atom. The molecule has 0 bridgehead atoms. The third-order valence-corrected chi connectivity index (χ3v) is 3.38. The molecule has 0 radical (unpaired) electrons. The molecule has 0 aliphatic heterocycles. The minimum Gasteiger partial charge on any atom is -0.103 e. The molecule has 4 atom stereocenters. The SMILES string of the molecule is C=CC1CC(C=C)C(C=C)CC1C. The molecule has 0 nitrogen and oxygen atoms in total. The van der Waals surface area contributed by atoms with E-state index in [1.807, 2.05) is 0 Å². The summed E-state index contributed by atoms with van der Waals surface area (Å²) in [7, 11) is 0. The van der Waals surface area contributed by atoms with E-state index < -0.39 is 0 Å². The Kier molecular flexibility index (Phi) is 3.53. The van der Waals surface area contributed by atoms with Crippen molar-refractivity contribution in [3.8, 4) is 0 Å². The molecule has 0 N–H and O–H groups in total. The molecule has 1 aliphatic rings. The van der Waals surface area contributed by atoms with Crippen LogP contribution in [0.15, 0.2) is 38.0 Å². The average Bonchev–Trinajstić information content (AvgIpc) is 2.17. The van der Waals surface area contributed by atoms with Gasteiger partial charge in [0.1, 0.15) is 0 Å². The van der Waals surface area contributed by atoms with E-state index in [0.717, 1.165) is 5.92 Å². The molecule has 13 heavy (non-hydrogen) atoms. The maximum absolute atomic E-state index is 3.89. The van der Waals surface area contributed by atoms with Gasteiger partial charge in [0, 0.05) is 0 Å². The molecule has 0 amide bonds. The molecule has 0 spiro atoms. The zero-order valence-electron chi connectivity index (χ0n) is 8.58. The van der Waals surface area contributed by atoms with Crippen LogP contribution in [-0.4, -0.2) is 0 Å². The average molecular weight is 176 g/mol. The molecule has 4 unspecified atom stereocenters. The van der Waals surface area contributed by atoms with Gasteiger partial charge in [-0.3, -0.25) is 0 Å². The molecule has 0 aromatic rings. The van der Waals surface area contributed by atoms with E-state index in [4.69, 9.17) is 0 Å². The summed E-state index contributed by atoms with van der Waals surface area (Å²) < 4.78 is 0. The normalized spacial score (nSPS) is 39.5. The van der Waals surface area contributed by atoms with Crippen LogP contribution in [0.1, 0.15) is 19.8 Å². The van der Waals surface area contributed by atoms with Crippen molar-refractivity contribution in [3.63, 3.8) is 0 Å². The first-order valence-electron chi connectivity index (χ1n) is 5.10. The van der Waals surface area contributed by atoms with Crippen LogP contribution in [0, 0.1) is 23.7 Å². The summed E-state index contributed by atoms with van der Waals surface area (Å²) >= 11 is 0. The first-order valence-corrected chi connectivity index (χ1v) is 5.10. The minimum absolute atomic E-state index is 0.608. The molecular weight excluding hydrogens is 156 g/mol. The van der Waals surface area contributed by atoms with Crippen LogP contribution in [0.5, 0.6) is 0 Å². The van der Waals surface area contributed by atoms with Crippen LogP contribution in [0.2, 0.25) is 0 Å². The Bertz CT molecular complexity index is 202. The van der Waals surface area contributed by atoms with E-state index in [-0.39, 0.29) is 0 Å². The Labute approximate surface area is 82.0 Å². The fourth-order valence-electron chi connectivity index (χ4n) is 2.37. The molecule has 0 aromatic carbocycles. The van der Waals surface area contributed by atoms with Crippen molar-refractivity contribution in [2.24, 2.45) is 23.7 Å². The van der Waals surface area contributed by atoms with Crippen LogP contribution in [0.25, 0.3) is 0 Å². The lowest BCUT2D eigenvalue weighted by atomic mass is 9.69. The summed E-state index contributed by atoms with van der Waals surface area (Å²) in [5, 5.41) is 0. The highest BCUT2D eigenvalue weighted by molar-refractivity contribution is 5.01. The second-order valence-corrected chi connectivity index (χ2v) is 4.15. The summed E-state index contributed by atoms with van der Waals surface area (Å²) in [4.78, 5) is 0. The van der Waals surface area contributed by atoms with Crippen LogP contribution < -0.4 is 0 Å². The topological polar surface area (TPSA) is 0 Å². The monoisotopic (exact) mass is 176 g/mol. The second kappa shape index (κ2) is 4.45. The molecule has 0 saturated heterocycles. The zero-order valence-corrected chi connectivity index (χ0v) is 8.58. The van der Waals surface area contributed by atoms with Crippen LogP contribution in [-0.2, 0) is 0 Å². The number of hydrogen-bond donors (Lipinski definition) is 0. The fraction of sp³-hybridized carbons (Fsp3) is 0.538. The summed E-state index contributed by atoms with van der Waals surface area (Å²) in [6, 6.07) is 0. The summed E-state index contributed by atoms with van der Waals surface area (Å²) in [5.74, 6) is 2.65. The van der Waals surface area contributed by atoms with Gasteiger partial charge in [-0.05, 0) is 36.5 Å². The van der Waals surface area contributed by atoms with Gasteiger partial charge in [0.2, 0.25) is 0 Å². The number of allylic oxidation sites excluding steroid dienone is 3. The standard InChI is InChI=1S/C13H20/c1-5-11-9-13(7-3)12(6-2)8-10(11)4/h5-7,10-13H,1-3,8-9H2,4H3. The third kappa shape index (κ3) is 2.12. The molecule has 72 valence electrons. The first kappa shape index (κ1) is 10.3. The van der Waals surface area contributed by atoms with Crippen molar-refractivity contribution in [2.45, 2.75) is 19.8 Å². The molecular formula is C13H20. The lowest BCUT2D eigenvalue weighted by Gasteiger charge is -2.36. The van der Waals surface area contributed by atoms with Crippen LogP contribution in [0.3, 0.4) is 0 Å². The van der Waals surface area contributed by atoms with E-state index in [1.54, 1.807) is 0 Å². The Morgan fingerprint density at radius 3 is 1.77 bits per heavy atom. The smallest absolute Gasteiger partial charge is 0.0167 e. The van der Waals surface area contributed by atoms with Gasteiger partial charge in [-0.1, -0.05) is 25.2 Å². The van der Waals surface area contributed by atoms with Gasteiger partial charge in [0.15, 0.2) is 0 Å². The maximum Gasteiger partial charge on any atom is -0.0167 e. The predicted octanol–water partition coefficient (Wildman–Crippen LogP) is 3.82. The van der Waals surface area contributed by atoms with Gasteiger partial charge in [0.25, 0.3) is 0 Å². The minimum atomic E-state index is 0.608. The van der Waals surface area contributed by atoms with Crippen molar-refractivity contribution >= 4 is 0 Å². The van der Waals surface area contributed by atoms with Gasteiger partial charge in [-0.2, -0.15) is 0 Å². The van der Waals surface area contributed by atoms with Crippen molar-refractivity contribution < 1.29 is 0 Å². The summed E-state index contributed by atoms with van der Waals surface area (Å²) in [6.07, 6.45) is 8.69. The van der Waals surface area contributed by atoms with E-state index >= 15 is 0 Å². The molecule has 1 aliphatic carbocycles. The van der Waals surface area contributed by atoms with E-state index in [1.165, 1.54) is 12.8 Å². The maximum atomic E-state index is 3.89. The van der Waals surface area contributed by atoms with Crippen molar-refractivity contribution in [1.82, 2.24) is 0 Å². The molecule has 0 aromatic heterocycles. The van der Waals surface area contributed by atoms with Crippen molar-refractivity contribution in [1.29, 1.82) is 0 Å². The van der Waals surface area contributed by atoms with Gasteiger partial charge >= 0.3 is 0 Å². The second-order valence-electron chi connectivity index (χ2n) is 4.15. The summed E-state index contributed by atoms with van der Waals surface area (Å²) in [6.45, 7) is 14.0. The molecule has 1 saturated carbocycles. The zero-order chi connectivity index (χ0) is 9.84. The highest BCUT2D eigenvalue weighted by atomic mass is 14.3. The van der Waals surface area contributed by atoms with Gasteiger partial charge in [-0.15, -0.1) is 19.7 Å². The molecule has 1 rings (SSSR count). The lowest BCUT2D eigenvalue weighted by Crippen LogP contribution is -2.27. The van der Waals surface area contributed by atoms with E-state index in [9.17, 15) is 0 Å². The summed E-state index contributed by atoms with van der Waals surface area (Å²) in [5.41, 5.74) is 0. The largest absolute Gasteiger partial charge is 0.103 e. The fourth-order valence-corrected chi connectivity index (χ4v) is 2.37. The predicted molar refractivity (Wildman–Crippen MR) is 59.5 cm³/mol. The number of rotatable bonds is 3. The third-order valence-electron chi connectivity index (χ3n) is 3.38. The van der Waals surface area contributed by atoms with Crippen molar-refractivity contribution in [3.05, 3.63) is 38.0 Å². The van der Waals surface area contributed by atoms with Gasteiger partial charge < -0.3 is 0 Å². The molecule has 0 heterocycles. The highest BCUT2D eigenvalue weighted by Gasteiger charge is 2.29. The first-order chi connectivity index (χ1) is 6.22. The Morgan fingerprint density at radius 1 is 0.846 bits per heavy atom. The Hall–Kier alpha value is -0.780. The van der Waals surface area contributed by atoms with Crippen LogP contribution >= 0.6 is 0 Å². The van der Waals surface area contributed by atoms with Gasteiger partial charge in [0.05, 0.1) is 0 Å². The van der Waals surface area contributed by atoms with Crippen molar-refractivity contribution in [2.75, 3.05) is 0 Å². The van der Waals surface area contributed by atoms with E-state index in [0.29, 0.717) is 17.8 Å². The molecule has 1 fully saturated rings. The lowest BCUT2D eigenvalue weighted by molar-refractivity contribution is 0.213. The highest BCUT2D eigenvalue weighted by Crippen LogP contribution is 2.39. The quantitative estimate of drug-likeness (QED) is 0.573. The number of hydrogen-bond acceptors (Lipinski definition) is 0. The van der Waals surface area contributed by atoms with Crippen LogP contribution in [0.4, 0.5) is 0 Å².